The molecule has 122 valence electrons. The van der Waals surface area contributed by atoms with Crippen LogP contribution in [0.3, 0.4) is 0 Å². The summed E-state index contributed by atoms with van der Waals surface area (Å²) in [5.74, 6) is -0.0988. The van der Waals surface area contributed by atoms with Gasteiger partial charge in [0.05, 0.1) is 6.21 Å². The zero-order valence-electron chi connectivity index (χ0n) is 13.4. The van der Waals surface area contributed by atoms with E-state index >= 15 is 0 Å². The Balaban J connectivity index is 1.97. The molecule has 3 aromatic rings. The van der Waals surface area contributed by atoms with Gasteiger partial charge in [-0.25, -0.2) is 0 Å². The molecule has 0 amide bonds. The van der Waals surface area contributed by atoms with E-state index in [1.165, 1.54) is 6.21 Å². The predicted molar refractivity (Wildman–Crippen MR) is 99.5 cm³/mol. The minimum Gasteiger partial charge on any atom is -0.507 e. The highest BCUT2D eigenvalue weighted by molar-refractivity contribution is 6.51. The molecule has 0 unspecified atom stereocenters. The van der Waals surface area contributed by atoms with Crippen molar-refractivity contribution >= 4 is 17.7 Å². The largest absolute Gasteiger partial charge is 0.507 e. The molecule has 0 spiro atoms. The van der Waals surface area contributed by atoms with Gasteiger partial charge in [0.15, 0.2) is 0 Å². The first kappa shape index (κ1) is 16.3. The summed E-state index contributed by atoms with van der Waals surface area (Å²) in [6, 6.07) is 24.9. The fourth-order valence-corrected chi connectivity index (χ4v) is 2.30. The molecule has 0 aliphatic rings. The summed E-state index contributed by atoms with van der Waals surface area (Å²) >= 11 is 0. The Bertz CT molecular complexity index is 917. The van der Waals surface area contributed by atoms with E-state index in [4.69, 9.17) is 0 Å². The molecule has 0 heterocycles. The number of hydrogen-bond acceptors (Lipinski definition) is 4. The van der Waals surface area contributed by atoms with Crippen molar-refractivity contribution in [3.05, 3.63) is 102 Å². The molecule has 0 saturated heterocycles. The summed E-state index contributed by atoms with van der Waals surface area (Å²) in [7, 11) is 0. The van der Waals surface area contributed by atoms with Crippen LogP contribution in [0.15, 0.2) is 95.1 Å². The highest BCUT2D eigenvalue weighted by Gasteiger charge is 2.15. The van der Waals surface area contributed by atoms with Crippen molar-refractivity contribution in [2.45, 2.75) is 0 Å². The highest BCUT2D eigenvalue weighted by atomic mass is 16.3. The molecule has 25 heavy (non-hydrogen) atoms. The van der Waals surface area contributed by atoms with E-state index < -0.39 is 0 Å². The summed E-state index contributed by atoms with van der Waals surface area (Å²) in [6.07, 6.45) is 1.43. The Morgan fingerprint density at radius 3 is 1.96 bits per heavy atom. The second-order valence-electron chi connectivity index (χ2n) is 5.31. The zero-order valence-corrected chi connectivity index (χ0v) is 13.4. The maximum Gasteiger partial charge on any atom is 0.213 e. The smallest absolute Gasteiger partial charge is 0.213 e. The van der Waals surface area contributed by atoms with Gasteiger partial charge in [0.2, 0.25) is 5.78 Å². The molecule has 3 rings (SSSR count). The molecule has 1 N–H and O–H groups in total. The van der Waals surface area contributed by atoms with Gasteiger partial charge in [-0.15, -0.1) is 5.10 Å². The number of ketones is 1. The van der Waals surface area contributed by atoms with Crippen molar-refractivity contribution in [2.24, 2.45) is 10.2 Å². The van der Waals surface area contributed by atoms with Gasteiger partial charge in [-0.2, -0.15) is 5.10 Å². The molecule has 0 aromatic heterocycles. The number of aromatic hydroxyl groups is 1. The Morgan fingerprint density at radius 2 is 1.32 bits per heavy atom. The second kappa shape index (κ2) is 7.84. The average molecular weight is 328 g/mol. The topological polar surface area (TPSA) is 62.0 Å². The van der Waals surface area contributed by atoms with Crippen molar-refractivity contribution in [3.63, 3.8) is 0 Å². The molecular formula is C21H16N2O2. The lowest BCUT2D eigenvalue weighted by Gasteiger charge is -2.04. The Kier molecular flexibility index (Phi) is 5.12. The summed E-state index contributed by atoms with van der Waals surface area (Å²) in [5, 5.41) is 17.9. The van der Waals surface area contributed by atoms with E-state index in [1.807, 2.05) is 36.4 Å². The molecule has 4 nitrogen and oxygen atoms in total. The number of hydrogen-bond donors (Lipinski definition) is 1. The van der Waals surface area contributed by atoms with Crippen molar-refractivity contribution in [3.8, 4) is 5.75 Å². The summed E-state index contributed by atoms with van der Waals surface area (Å²) in [6.45, 7) is 0. The van der Waals surface area contributed by atoms with Gasteiger partial charge >= 0.3 is 0 Å². The van der Waals surface area contributed by atoms with Crippen LogP contribution in [0.5, 0.6) is 5.75 Å². The minimum atomic E-state index is -0.207. The van der Waals surface area contributed by atoms with Crippen LogP contribution in [-0.4, -0.2) is 22.8 Å². The number of phenols is 1. The predicted octanol–water partition coefficient (Wildman–Crippen LogP) is 4.10. The van der Waals surface area contributed by atoms with Crippen molar-refractivity contribution in [2.75, 3.05) is 0 Å². The number of nitrogens with zero attached hydrogens (tertiary/aromatic N) is 2. The first-order chi connectivity index (χ1) is 12.3. The van der Waals surface area contributed by atoms with E-state index in [-0.39, 0.29) is 17.2 Å². The van der Waals surface area contributed by atoms with E-state index in [2.05, 4.69) is 10.2 Å². The van der Waals surface area contributed by atoms with Gasteiger partial charge in [-0.05, 0) is 12.1 Å². The van der Waals surface area contributed by atoms with Crippen LogP contribution in [0, 0.1) is 0 Å². The number of carbonyl (C=O) groups excluding carboxylic acids is 1. The van der Waals surface area contributed by atoms with Gasteiger partial charge in [0, 0.05) is 16.7 Å². The lowest BCUT2D eigenvalue weighted by molar-refractivity contribution is 0.106. The quantitative estimate of drug-likeness (QED) is 0.435. The molecule has 0 radical (unpaired) electrons. The van der Waals surface area contributed by atoms with Crippen LogP contribution in [0.25, 0.3) is 0 Å². The molecule has 0 fully saturated rings. The maximum absolute atomic E-state index is 12.8. The number of Topliss-reactive ketones (excluding diaryl/α,β-unsaturated/α-hetero) is 1. The van der Waals surface area contributed by atoms with Crippen LogP contribution in [0.4, 0.5) is 0 Å². The van der Waals surface area contributed by atoms with Gasteiger partial charge in [-0.3, -0.25) is 4.79 Å². The standard InChI is InChI=1S/C21H16N2O2/c24-19-14-8-7-13-18(19)15-22-23-20(16-9-3-1-4-10-16)21(25)17-11-5-2-6-12-17/h1-15,24H/b22-15+,23-20-. The molecule has 0 aliphatic heterocycles. The van der Waals surface area contributed by atoms with Crippen LogP contribution in [-0.2, 0) is 0 Å². The third-order valence-electron chi connectivity index (χ3n) is 3.59. The monoisotopic (exact) mass is 328 g/mol. The molecule has 0 atom stereocenters. The van der Waals surface area contributed by atoms with Crippen LogP contribution >= 0.6 is 0 Å². The fraction of sp³-hybridized carbons (Fsp3) is 0. The molecule has 0 saturated carbocycles. The first-order valence-electron chi connectivity index (χ1n) is 7.80. The minimum absolute atomic E-state index is 0.108. The van der Waals surface area contributed by atoms with Gasteiger partial charge < -0.3 is 5.11 Å². The molecule has 4 heteroatoms. The zero-order chi connectivity index (χ0) is 17.5. The van der Waals surface area contributed by atoms with Gasteiger partial charge in [0.1, 0.15) is 11.5 Å². The van der Waals surface area contributed by atoms with Crippen LogP contribution < -0.4 is 0 Å². The van der Waals surface area contributed by atoms with Gasteiger partial charge in [0.25, 0.3) is 0 Å². The third-order valence-corrected chi connectivity index (χ3v) is 3.59. The number of rotatable bonds is 5. The van der Waals surface area contributed by atoms with Crippen LogP contribution in [0.1, 0.15) is 21.5 Å². The SMILES string of the molecule is O=C(/C(=N\N=C\c1ccccc1O)c1ccccc1)c1ccccc1. The molecule has 0 bridgehead atoms. The first-order valence-corrected chi connectivity index (χ1v) is 7.80. The van der Waals surface area contributed by atoms with E-state index in [0.29, 0.717) is 16.7 Å². The number of para-hydroxylation sites is 1. The lowest BCUT2D eigenvalue weighted by Crippen LogP contribution is -2.15. The highest BCUT2D eigenvalue weighted by Crippen LogP contribution is 2.13. The van der Waals surface area contributed by atoms with Crippen molar-refractivity contribution in [1.29, 1.82) is 0 Å². The van der Waals surface area contributed by atoms with E-state index in [9.17, 15) is 9.90 Å². The number of phenolic OH excluding ortho intramolecular Hbond substituents is 1. The van der Waals surface area contributed by atoms with Crippen molar-refractivity contribution in [1.82, 2.24) is 0 Å². The molecular weight excluding hydrogens is 312 g/mol. The third kappa shape index (κ3) is 4.06. The van der Waals surface area contributed by atoms with Gasteiger partial charge in [-0.1, -0.05) is 72.8 Å². The Hall–Kier alpha value is -3.53. The number of benzene rings is 3. The average Bonchev–Trinajstić information content (AvgIpc) is 2.67. The van der Waals surface area contributed by atoms with Crippen LogP contribution in [0.2, 0.25) is 0 Å². The Labute approximate surface area is 145 Å². The van der Waals surface area contributed by atoms with E-state index in [1.54, 1.807) is 48.5 Å². The lowest BCUT2D eigenvalue weighted by atomic mass is 10.0. The molecule has 3 aromatic carbocycles. The summed E-state index contributed by atoms with van der Waals surface area (Å²) in [4.78, 5) is 12.8. The normalized spacial score (nSPS) is 11.6. The summed E-state index contributed by atoms with van der Waals surface area (Å²) in [5.41, 5.74) is 2.01. The summed E-state index contributed by atoms with van der Waals surface area (Å²) < 4.78 is 0. The fourth-order valence-electron chi connectivity index (χ4n) is 2.30. The molecule has 0 aliphatic carbocycles. The maximum atomic E-state index is 12.8. The van der Waals surface area contributed by atoms with Crippen molar-refractivity contribution < 1.29 is 9.90 Å². The second-order valence-corrected chi connectivity index (χ2v) is 5.31. The number of carbonyl (C=O) groups is 1. The Morgan fingerprint density at radius 1 is 0.760 bits per heavy atom. The van der Waals surface area contributed by atoms with E-state index in [0.717, 1.165) is 0 Å².